The molecular formula is C65H46F51N3O17. The maximum Gasteiger partial charge on any atom is 0.460 e. The number of fused-ring (bicyclic) bond motifs is 3. The summed E-state index contributed by atoms with van der Waals surface area (Å²) < 4.78 is 752. The Morgan fingerprint density at radius 1 is 0.257 bits per heavy atom. The van der Waals surface area contributed by atoms with Crippen LogP contribution in [0.15, 0.2) is 36.4 Å². The van der Waals surface area contributed by atoms with Gasteiger partial charge in [-0.05, 0) is 56.7 Å². The number of hydrogen-bond donors (Lipinski definition) is 0. The molecule has 1 aliphatic rings. The molecule has 0 atom stereocenters. The van der Waals surface area contributed by atoms with Crippen LogP contribution in [0.4, 0.5) is 241 Å². The number of benzene rings is 3. The largest absolute Gasteiger partial charge is 0.490 e. The summed E-state index contributed by atoms with van der Waals surface area (Å²) >= 11 is 0. The van der Waals surface area contributed by atoms with Crippen LogP contribution >= 0.6 is 0 Å². The highest BCUT2D eigenvalue weighted by Gasteiger charge is 2.99. The summed E-state index contributed by atoms with van der Waals surface area (Å²) in [6.45, 7) is -11.3. The quantitative estimate of drug-likeness (QED) is 0.0131. The number of alkyl halides is 51. The number of non-ortho nitro benzene ring substituents is 1. The van der Waals surface area contributed by atoms with E-state index in [0.717, 1.165) is 0 Å². The number of nitro benzene ring substituents is 3. The monoisotopic (exact) mass is 2110 g/mol. The number of ether oxygens (including phenoxy) is 8. The van der Waals surface area contributed by atoms with E-state index in [2.05, 4.69) is 0 Å². The van der Waals surface area contributed by atoms with Gasteiger partial charge in [0.05, 0.1) is 103 Å². The van der Waals surface area contributed by atoms with Gasteiger partial charge in [0.25, 0.3) is 17.1 Å². The third-order valence-electron chi connectivity index (χ3n) is 18.5. The van der Waals surface area contributed by atoms with Crippen LogP contribution in [0.3, 0.4) is 0 Å². The second kappa shape index (κ2) is 39.1. The van der Waals surface area contributed by atoms with Crippen molar-refractivity contribution in [2.24, 2.45) is 0 Å². The van der Waals surface area contributed by atoms with Gasteiger partial charge in [0, 0.05) is 42.5 Å². The highest BCUT2D eigenvalue weighted by atomic mass is 19.5. The minimum Gasteiger partial charge on any atom is -0.490 e. The molecule has 0 aliphatic heterocycles. The highest BCUT2D eigenvalue weighted by molar-refractivity contribution is 6.25. The predicted molar refractivity (Wildman–Crippen MR) is 335 cm³/mol. The van der Waals surface area contributed by atoms with Crippen molar-refractivity contribution >= 4 is 34.8 Å². The van der Waals surface area contributed by atoms with Crippen LogP contribution < -0.4 is 14.2 Å². The number of rotatable bonds is 53. The maximum absolute atomic E-state index is 14.9. The van der Waals surface area contributed by atoms with Gasteiger partial charge in [-0.25, -0.2) is 9.59 Å². The first-order valence-electron chi connectivity index (χ1n) is 35.2. The average Bonchev–Trinajstić information content (AvgIpc) is 0.774. The molecule has 0 saturated carbocycles. The second-order valence-electron chi connectivity index (χ2n) is 27.7. The first-order chi connectivity index (χ1) is 60.6. The van der Waals surface area contributed by atoms with Crippen LogP contribution in [0.1, 0.15) is 94.4 Å². The van der Waals surface area contributed by atoms with Crippen LogP contribution in [-0.2, 0) is 23.7 Å². The molecule has 3 aromatic rings. The van der Waals surface area contributed by atoms with Gasteiger partial charge in [-0.1, -0.05) is 0 Å². The molecule has 0 heterocycles. The zero-order valence-corrected chi connectivity index (χ0v) is 64.7. The number of carbonyl (C=O) groups excluding carboxylic acids is 3. The van der Waals surface area contributed by atoms with E-state index in [1.807, 2.05) is 0 Å². The summed E-state index contributed by atoms with van der Waals surface area (Å²) in [5, 5.41) is 35.3. The Morgan fingerprint density at radius 2 is 0.485 bits per heavy atom. The zero-order chi connectivity index (χ0) is 106. The molecule has 0 unspecified atom stereocenters. The van der Waals surface area contributed by atoms with E-state index in [-0.39, 0.29) is 12.1 Å². The lowest BCUT2D eigenvalue weighted by Crippen LogP contribution is -2.74. The lowest BCUT2D eigenvalue weighted by Gasteiger charge is -2.42. The fourth-order valence-corrected chi connectivity index (χ4v) is 10.9. The van der Waals surface area contributed by atoms with Crippen LogP contribution in [0.5, 0.6) is 17.2 Å². The van der Waals surface area contributed by atoms with Crippen molar-refractivity contribution in [1.82, 2.24) is 0 Å². The number of unbranched alkanes of at least 4 members (excludes halogenated alkanes) is 3. The number of halogens is 51. The first-order valence-corrected chi connectivity index (χ1v) is 35.2. The lowest BCUT2D eigenvalue weighted by molar-refractivity contribution is -0.461. The smallest absolute Gasteiger partial charge is 0.460 e. The van der Waals surface area contributed by atoms with Crippen LogP contribution in [0.25, 0.3) is 11.1 Å². The fraction of sp³-hybridized carbons (Fsp3) is 0.677. The molecule has 0 aromatic heterocycles. The SMILES string of the molecule is O=C(OCCOCCOCCOCCOC(=O)c1cc2c(c([N+](=O)[O-])c1)-c1c(cc([N+](=O)[O-])cc1[N+](=O)[O-])C2=O)c1cc(OCCCCC(F)(F)C(F)(F)C(F)(F)C(F)(F)C(F)(F)C(F)(F)C(F)(F)C(F)(F)F)c(OCCCCC(F)(F)C(F)(F)C(F)(F)C(F)(F)C(F)(F)C(F)(F)C(F)(F)C(F)(F)F)c(OCCCCC(F)(F)C(F)(F)C(F)(F)C(F)(F)C(F)(F)C(F)(F)C(F)(F)C(F)(F)F)c1. The summed E-state index contributed by atoms with van der Waals surface area (Å²) in [5.74, 6) is -192. The van der Waals surface area contributed by atoms with E-state index in [4.69, 9.17) is 37.9 Å². The van der Waals surface area contributed by atoms with Crippen molar-refractivity contribution in [1.29, 1.82) is 0 Å². The number of hydrogen-bond acceptors (Lipinski definition) is 17. The predicted octanol–water partition coefficient (Wildman–Crippen LogP) is 23.4. The Morgan fingerprint density at radius 3 is 0.743 bits per heavy atom. The van der Waals surface area contributed by atoms with Gasteiger partial charge < -0.3 is 37.9 Å². The number of nitrogens with zero attached hydrogens (tertiary/aromatic N) is 3. The lowest BCUT2D eigenvalue weighted by atomic mass is 9.88. The molecule has 0 N–H and O–H groups in total. The molecule has 0 fully saturated rings. The topological polar surface area (TPSA) is 254 Å². The summed E-state index contributed by atoms with van der Waals surface area (Å²) in [5.41, 5.74) is -8.26. The number of nitro groups is 3. The van der Waals surface area contributed by atoms with Gasteiger partial charge in [0.2, 0.25) is 5.75 Å². The van der Waals surface area contributed by atoms with Gasteiger partial charge in [0.1, 0.15) is 13.2 Å². The molecule has 0 amide bonds. The van der Waals surface area contributed by atoms with Gasteiger partial charge in [-0.2, -0.15) is 224 Å². The molecule has 136 heavy (non-hydrogen) atoms. The average molecular weight is 2110 g/mol. The molecule has 4 rings (SSSR count). The zero-order valence-electron chi connectivity index (χ0n) is 64.7. The van der Waals surface area contributed by atoms with Gasteiger partial charge in [-0.3, -0.25) is 35.1 Å². The Hall–Kier alpha value is -9.82. The minimum atomic E-state index is -9.20. The summed E-state index contributed by atoms with van der Waals surface area (Å²) in [6.07, 6.45) is -47.0. The number of carbonyl (C=O) groups is 3. The van der Waals surface area contributed by atoms with Gasteiger partial charge in [0.15, 0.2) is 17.3 Å². The molecule has 1 aliphatic carbocycles. The molecule has 3 aromatic carbocycles. The number of esters is 2. The van der Waals surface area contributed by atoms with E-state index in [0.29, 0.717) is 24.3 Å². The van der Waals surface area contributed by atoms with E-state index in [9.17, 15) is 269 Å². The maximum atomic E-state index is 14.9. The molecule has 780 valence electrons. The van der Waals surface area contributed by atoms with Crippen molar-refractivity contribution in [3.8, 4) is 28.4 Å². The molecule has 20 nitrogen and oxygen atoms in total. The van der Waals surface area contributed by atoms with Gasteiger partial charge >= 0.3 is 155 Å². The number of ketones is 1. The molecule has 0 radical (unpaired) electrons. The summed E-state index contributed by atoms with van der Waals surface area (Å²) in [7, 11) is 0. The first kappa shape index (κ1) is 118. The Kier molecular flexibility index (Phi) is 34.1. The van der Waals surface area contributed by atoms with Crippen LogP contribution in [0, 0.1) is 30.3 Å². The Labute approximate surface area is 715 Å². The van der Waals surface area contributed by atoms with E-state index < -0.39 is 374 Å². The molecule has 0 saturated heterocycles. The van der Waals surface area contributed by atoms with Crippen molar-refractivity contribution < 1.29 is 291 Å². The standard InChI is InChI=1S/C65H46F51N3O17/c66-42(67,45(72,73)48(78,79)51(84,85)54(90,91)57(96,97)60(102,103)63(108,109)110)7-1-4-10-132-34-23-28(41(122)136-20-18-131-16-14-129-13-15-130-17-19-135-40(121)27-21-30-36(32(22-27)118(125)126)37-31(38(30)120)25-29(117(123)124)26-33(37)119(127)128)24-35(133-11-5-2-8-43(68,69)46(74,75)49(80,81)52(86,87)55(92,93)58(98,99)61(104,105)64(111,112)113)39(34)134-12-6-3-9-44(70,71)47(76,77)50(82,83)53(88,89)56(94,95)59(100,101)62(106,107)65(114,115)116/h21-26H,1-20H2. The van der Waals surface area contributed by atoms with Crippen molar-refractivity contribution in [3.63, 3.8) is 0 Å². The van der Waals surface area contributed by atoms with Gasteiger partial charge in [-0.15, -0.1) is 0 Å². The van der Waals surface area contributed by atoms with E-state index in [1.165, 1.54) is 0 Å². The Balaban J connectivity index is 1.70. The van der Waals surface area contributed by atoms with Crippen molar-refractivity contribution in [2.75, 3.05) is 72.7 Å². The molecular weight excluding hydrogens is 2060 g/mol. The minimum absolute atomic E-state index is 0.0547. The summed E-state index contributed by atoms with van der Waals surface area (Å²) in [4.78, 5) is 71.4. The molecule has 0 spiro atoms. The molecule has 0 bridgehead atoms. The van der Waals surface area contributed by atoms with E-state index in [1.54, 1.807) is 0 Å². The summed E-state index contributed by atoms with van der Waals surface area (Å²) in [6, 6.07) is 2.06. The highest BCUT2D eigenvalue weighted by Crippen LogP contribution is 2.69. The second-order valence-corrected chi connectivity index (χ2v) is 27.7. The van der Waals surface area contributed by atoms with Crippen molar-refractivity contribution in [2.45, 2.75) is 201 Å². The third-order valence-corrected chi connectivity index (χ3v) is 18.5. The Bertz CT molecular complexity index is 4650. The fourth-order valence-electron chi connectivity index (χ4n) is 10.9. The normalized spacial score (nSPS) is 14.9. The molecule has 71 heteroatoms. The third kappa shape index (κ3) is 20.6. The van der Waals surface area contributed by atoms with Crippen LogP contribution in [0.2, 0.25) is 0 Å². The van der Waals surface area contributed by atoms with Crippen molar-refractivity contribution in [3.05, 3.63) is 89.0 Å². The van der Waals surface area contributed by atoms with E-state index >= 15 is 0 Å². The van der Waals surface area contributed by atoms with Crippen LogP contribution in [-0.4, -0.2) is 248 Å².